The lowest BCUT2D eigenvalue weighted by Gasteiger charge is -2.47. The van der Waals surface area contributed by atoms with Gasteiger partial charge in [-0.05, 0) is 0 Å². The molecule has 0 amide bonds. The van der Waals surface area contributed by atoms with Gasteiger partial charge in [-0.25, -0.2) is 0 Å². The van der Waals surface area contributed by atoms with E-state index in [9.17, 15) is 0 Å². The Balaban J connectivity index is 2.04. The van der Waals surface area contributed by atoms with Crippen LogP contribution in [0.4, 0.5) is 0 Å². The van der Waals surface area contributed by atoms with Crippen molar-refractivity contribution in [1.82, 2.24) is 0 Å². The van der Waals surface area contributed by atoms with Crippen molar-refractivity contribution < 1.29 is 18.1 Å². The molecule has 46 valence electrons. The van der Waals surface area contributed by atoms with Gasteiger partial charge in [0.2, 0.25) is 0 Å². The molecule has 3 saturated heterocycles. The van der Waals surface area contributed by atoms with E-state index in [-0.39, 0.29) is 0 Å². The van der Waals surface area contributed by atoms with Gasteiger partial charge < -0.3 is 0 Å². The van der Waals surface area contributed by atoms with Crippen LogP contribution in [0.2, 0.25) is 0 Å². The number of hydrogen-bond donors (Lipinski definition) is 0. The average Bonchev–Trinajstić information content (AvgIpc) is 1.55. The predicted molar refractivity (Wildman–Crippen MR) is 25.6 cm³/mol. The Hall–Kier alpha value is 0.270. The van der Waals surface area contributed by atoms with E-state index < -0.39 is 14.1 Å². The first-order valence-electron chi connectivity index (χ1n) is 2.25. The zero-order valence-electron chi connectivity index (χ0n) is 4.58. The smallest absolute Gasteiger partial charge is 0.156 e. The summed E-state index contributed by atoms with van der Waals surface area (Å²) < 4.78 is 19.7. The summed E-state index contributed by atoms with van der Waals surface area (Å²) in [5.41, 5.74) is 0. The minimum atomic E-state index is -2.15. The molecule has 8 heavy (non-hydrogen) atoms. The molecule has 0 atom stereocenters. The summed E-state index contributed by atoms with van der Waals surface area (Å²) in [6, 6.07) is 0. The molecule has 3 fully saturated rings. The van der Waals surface area contributed by atoms with E-state index in [0.717, 1.165) is 0 Å². The lowest BCUT2D eigenvalue weighted by molar-refractivity contribution is -0.434. The highest BCUT2D eigenvalue weighted by Gasteiger charge is 2.89. The molecule has 5 heteroatoms. The maximum atomic E-state index is 5.00. The molecular formula is C3H6O4P+. The Labute approximate surface area is 47.3 Å². The van der Waals surface area contributed by atoms with Crippen molar-refractivity contribution in [3.8, 4) is 0 Å². The first-order valence-corrected chi connectivity index (χ1v) is 3.71. The molecule has 0 aromatic rings. The van der Waals surface area contributed by atoms with Crippen molar-refractivity contribution in [1.29, 1.82) is 0 Å². The minimum Gasteiger partial charge on any atom is -0.156 e. The molecule has 0 N–H and O–H groups in total. The second-order valence-electron chi connectivity index (χ2n) is 1.77. The normalized spacial score (nSPS) is 59.2. The van der Waals surface area contributed by atoms with E-state index in [0.29, 0.717) is 0 Å². The van der Waals surface area contributed by atoms with Crippen LogP contribution in [0.5, 0.6) is 0 Å². The summed E-state index contributed by atoms with van der Waals surface area (Å²) in [6.45, 7) is 1.70. The second kappa shape index (κ2) is 1.08. The van der Waals surface area contributed by atoms with Crippen molar-refractivity contribution >= 4 is 8.17 Å². The topological polar surface area (TPSA) is 36.9 Å². The van der Waals surface area contributed by atoms with Crippen LogP contribution in [-0.4, -0.2) is 13.1 Å². The van der Waals surface area contributed by atoms with Gasteiger partial charge in [0, 0.05) is 6.92 Å². The van der Waals surface area contributed by atoms with Gasteiger partial charge in [-0.15, -0.1) is 0 Å². The van der Waals surface area contributed by atoms with Gasteiger partial charge in [-0.2, -0.15) is 4.52 Å². The molecule has 0 spiro atoms. The molecule has 3 rings (SSSR count). The Kier molecular flexibility index (Phi) is 0.686. The fourth-order valence-electron chi connectivity index (χ4n) is 0.742. The van der Waals surface area contributed by atoms with Crippen molar-refractivity contribution in [2.24, 2.45) is 0 Å². The van der Waals surface area contributed by atoms with E-state index in [2.05, 4.69) is 0 Å². The SMILES string of the molecule is CO[P+]12OC(C)(O1)O2. The summed E-state index contributed by atoms with van der Waals surface area (Å²) in [7, 11) is -0.639. The molecule has 4 nitrogen and oxygen atoms in total. The first kappa shape index (κ1) is 5.09. The third-order valence-electron chi connectivity index (χ3n) is 1.06. The number of rotatable bonds is 1. The van der Waals surface area contributed by atoms with E-state index in [1.807, 2.05) is 0 Å². The van der Waals surface area contributed by atoms with Crippen LogP contribution in [0.3, 0.4) is 0 Å². The zero-order chi connectivity index (χ0) is 5.83. The summed E-state index contributed by atoms with van der Waals surface area (Å²) in [5, 5.41) is 0. The fourth-order valence-corrected chi connectivity index (χ4v) is 2.22. The highest BCUT2D eigenvalue weighted by atomic mass is 31.2. The second-order valence-corrected chi connectivity index (χ2v) is 3.57. The summed E-state index contributed by atoms with van der Waals surface area (Å²) >= 11 is 0. The van der Waals surface area contributed by atoms with Gasteiger partial charge in [0.05, 0.1) is 7.11 Å². The van der Waals surface area contributed by atoms with Gasteiger partial charge >= 0.3 is 14.1 Å². The van der Waals surface area contributed by atoms with E-state index in [4.69, 9.17) is 18.1 Å². The highest BCUT2D eigenvalue weighted by molar-refractivity contribution is 7.59. The molecule has 0 radical (unpaired) electrons. The van der Waals surface area contributed by atoms with Crippen LogP contribution in [-0.2, 0) is 18.1 Å². The average molecular weight is 137 g/mol. The minimum absolute atomic E-state index is 0.746. The van der Waals surface area contributed by atoms with E-state index in [1.54, 1.807) is 6.92 Å². The molecule has 0 unspecified atom stereocenters. The van der Waals surface area contributed by atoms with Gasteiger partial charge in [0.25, 0.3) is 0 Å². The molecule has 0 aliphatic carbocycles. The maximum absolute atomic E-state index is 5.00. The van der Waals surface area contributed by atoms with Gasteiger partial charge in [-0.1, -0.05) is 13.6 Å². The van der Waals surface area contributed by atoms with Crippen molar-refractivity contribution in [3.05, 3.63) is 0 Å². The van der Waals surface area contributed by atoms with Crippen molar-refractivity contribution in [3.63, 3.8) is 0 Å². The summed E-state index contributed by atoms with van der Waals surface area (Å²) in [5.74, 6) is -0.746. The van der Waals surface area contributed by atoms with Crippen LogP contribution in [0.1, 0.15) is 6.92 Å². The Bertz CT molecular complexity index is 115. The van der Waals surface area contributed by atoms with Crippen LogP contribution in [0.15, 0.2) is 0 Å². The van der Waals surface area contributed by atoms with Gasteiger partial charge in [-0.3, -0.25) is 0 Å². The fraction of sp³-hybridized carbons (Fsp3) is 1.00. The molecule has 2 bridgehead atoms. The molecule has 3 heterocycles. The van der Waals surface area contributed by atoms with Crippen molar-refractivity contribution in [2.75, 3.05) is 7.11 Å². The largest absolute Gasteiger partial charge is 0.592 e. The molecule has 3 aliphatic heterocycles. The molecule has 3 aliphatic rings. The summed E-state index contributed by atoms with van der Waals surface area (Å²) in [6.07, 6.45) is 0. The third kappa shape index (κ3) is 0.385. The molecular weight excluding hydrogens is 131 g/mol. The van der Waals surface area contributed by atoms with E-state index in [1.165, 1.54) is 7.11 Å². The lowest BCUT2D eigenvalue weighted by atomic mass is 10.7. The van der Waals surface area contributed by atoms with Crippen LogP contribution >= 0.6 is 8.17 Å². The van der Waals surface area contributed by atoms with Crippen molar-refractivity contribution in [2.45, 2.75) is 12.9 Å². The van der Waals surface area contributed by atoms with Crippen LogP contribution in [0, 0.1) is 0 Å². The standard InChI is InChI=1S/C3H6O4P/c1-3-5-8(4-2,6-3)7-3/h1-2H3/q+1. The zero-order valence-corrected chi connectivity index (χ0v) is 5.47. The lowest BCUT2D eigenvalue weighted by Crippen LogP contribution is -2.58. The Morgan fingerprint density at radius 2 is 1.88 bits per heavy atom. The Morgan fingerprint density at radius 3 is 2.00 bits per heavy atom. The molecule has 0 aromatic heterocycles. The first-order chi connectivity index (χ1) is 3.68. The third-order valence-corrected chi connectivity index (χ3v) is 3.17. The number of hydrogen-bond acceptors (Lipinski definition) is 4. The van der Waals surface area contributed by atoms with Gasteiger partial charge in [0.1, 0.15) is 0 Å². The Morgan fingerprint density at radius 1 is 1.38 bits per heavy atom. The predicted octanol–water partition coefficient (Wildman–Crippen LogP) is 1.06. The van der Waals surface area contributed by atoms with Crippen LogP contribution in [0.25, 0.3) is 0 Å². The monoisotopic (exact) mass is 137 g/mol. The van der Waals surface area contributed by atoms with Gasteiger partial charge in [0.15, 0.2) is 0 Å². The van der Waals surface area contributed by atoms with Crippen LogP contribution < -0.4 is 0 Å². The highest BCUT2D eigenvalue weighted by Crippen LogP contribution is 2.88. The maximum Gasteiger partial charge on any atom is 0.592 e. The molecule has 0 aromatic carbocycles. The summed E-state index contributed by atoms with van der Waals surface area (Å²) in [4.78, 5) is 0. The molecule has 0 saturated carbocycles. The van der Waals surface area contributed by atoms with E-state index >= 15 is 0 Å². The quantitative estimate of drug-likeness (QED) is 0.506.